The lowest BCUT2D eigenvalue weighted by Crippen LogP contribution is -2.43. The second-order valence-corrected chi connectivity index (χ2v) is 9.87. The van der Waals surface area contributed by atoms with Crippen LogP contribution < -0.4 is 10.1 Å². The quantitative estimate of drug-likeness (QED) is 0.439. The van der Waals surface area contributed by atoms with E-state index in [0.717, 1.165) is 12.8 Å². The molecule has 0 aromatic heterocycles. The molecule has 9 heteroatoms. The number of nitrogens with zero attached hydrogens (tertiary/aromatic N) is 1. The normalized spacial score (nSPS) is 16.7. The minimum atomic E-state index is -3.70. The van der Waals surface area contributed by atoms with Gasteiger partial charge in [-0.25, -0.2) is 13.2 Å². The third-order valence-corrected chi connectivity index (χ3v) is 7.45. The van der Waals surface area contributed by atoms with Crippen LogP contribution in [0.1, 0.15) is 43.0 Å². The Kier molecular flexibility index (Phi) is 8.46. The number of nitrogens with one attached hydrogen (secondary N) is 1. The molecule has 1 saturated heterocycles. The van der Waals surface area contributed by atoms with E-state index in [2.05, 4.69) is 5.32 Å². The molecule has 1 atom stereocenters. The number of carbonyl (C=O) groups excluding carboxylic acids is 2. The average molecular weight is 475 g/mol. The van der Waals surface area contributed by atoms with E-state index >= 15 is 0 Å². The molecule has 1 N–H and O–H groups in total. The molecule has 0 radical (unpaired) electrons. The summed E-state index contributed by atoms with van der Waals surface area (Å²) in [5.74, 6) is -0.536. The second-order valence-electron chi connectivity index (χ2n) is 7.93. The summed E-state index contributed by atoms with van der Waals surface area (Å²) in [7, 11) is -2.19. The third kappa shape index (κ3) is 6.33. The van der Waals surface area contributed by atoms with Gasteiger partial charge in [0.2, 0.25) is 15.9 Å². The highest BCUT2D eigenvalue weighted by Gasteiger charge is 2.33. The van der Waals surface area contributed by atoms with Crippen molar-refractivity contribution in [1.29, 1.82) is 0 Å². The van der Waals surface area contributed by atoms with Gasteiger partial charge in [-0.15, -0.1) is 0 Å². The number of carbonyl (C=O) groups is 2. The molecule has 33 heavy (non-hydrogen) atoms. The number of sulfonamides is 1. The Morgan fingerprint density at radius 1 is 1.09 bits per heavy atom. The molecule has 3 rings (SSSR count). The van der Waals surface area contributed by atoms with Gasteiger partial charge in [0.1, 0.15) is 5.75 Å². The molecule has 2 aromatic carbocycles. The van der Waals surface area contributed by atoms with Crippen LogP contribution in [0.2, 0.25) is 0 Å². The van der Waals surface area contributed by atoms with Gasteiger partial charge in [-0.3, -0.25) is 4.79 Å². The molecule has 178 valence electrons. The SMILES string of the molecule is CCCCOC(=O)c1ccc(NC(=O)[C@H]2CCCN(S(=O)(=O)c3ccc(OC)cc3)C2)cc1. The number of piperidine rings is 1. The molecule has 1 aliphatic heterocycles. The standard InChI is InChI=1S/C24H30N2O6S/c1-3-4-16-32-24(28)18-7-9-20(10-8-18)25-23(27)19-6-5-15-26(17-19)33(29,30)22-13-11-21(31-2)12-14-22/h7-14,19H,3-6,15-17H2,1-2H3,(H,25,27)/t19-/m0/s1. The van der Waals surface area contributed by atoms with Crippen LogP contribution in [0.25, 0.3) is 0 Å². The number of hydrogen-bond acceptors (Lipinski definition) is 6. The Labute approximate surface area is 194 Å². The number of esters is 1. The highest BCUT2D eigenvalue weighted by atomic mass is 32.2. The zero-order chi connectivity index (χ0) is 23.8. The van der Waals surface area contributed by atoms with Gasteiger partial charge in [0, 0.05) is 18.8 Å². The zero-order valence-corrected chi connectivity index (χ0v) is 19.8. The predicted molar refractivity (Wildman–Crippen MR) is 125 cm³/mol. The van der Waals surface area contributed by atoms with Crippen molar-refractivity contribution in [3.63, 3.8) is 0 Å². The van der Waals surface area contributed by atoms with Gasteiger partial charge in [-0.1, -0.05) is 13.3 Å². The maximum Gasteiger partial charge on any atom is 0.338 e. The molecule has 0 bridgehead atoms. The highest BCUT2D eigenvalue weighted by molar-refractivity contribution is 7.89. The number of anilines is 1. The summed E-state index contributed by atoms with van der Waals surface area (Å²) in [6.07, 6.45) is 2.95. The number of amides is 1. The molecule has 0 spiro atoms. The summed E-state index contributed by atoms with van der Waals surface area (Å²) in [5, 5.41) is 2.83. The minimum absolute atomic E-state index is 0.113. The second kappa shape index (κ2) is 11.3. The third-order valence-electron chi connectivity index (χ3n) is 5.57. The van der Waals surface area contributed by atoms with E-state index in [9.17, 15) is 18.0 Å². The minimum Gasteiger partial charge on any atom is -0.497 e. The lowest BCUT2D eigenvalue weighted by molar-refractivity contribution is -0.120. The van der Waals surface area contributed by atoms with Crippen LogP contribution in [0.4, 0.5) is 5.69 Å². The first-order valence-corrected chi connectivity index (χ1v) is 12.5. The molecule has 1 heterocycles. The maximum atomic E-state index is 13.0. The molecular formula is C24H30N2O6S. The number of ether oxygens (including phenoxy) is 2. The van der Waals surface area contributed by atoms with Gasteiger partial charge in [0.25, 0.3) is 0 Å². The predicted octanol–water partition coefficient (Wildman–Crippen LogP) is 3.69. The van der Waals surface area contributed by atoms with Gasteiger partial charge in [0.05, 0.1) is 30.1 Å². The average Bonchev–Trinajstić information content (AvgIpc) is 2.84. The van der Waals surface area contributed by atoms with E-state index in [1.807, 2.05) is 6.92 Å². The van der Waals surface area contributed by atoms with Gasteiger partial charge in [-0.2, -0.15) is 4.31 Å². The van der Waals surface area contributed by atoms with E-state index in [1.54, 1.807) is 36.4 Å². The molecule has 8 nitrogen and oxygen atoms in total. The largest absolute Gasteiger partial charge is 0.497 e. The molecule has 0 unspecified atom stereocenters. The first kappa shape index (κ1) is 24.7. The van der Waals surface area contributed by atoms with Gasteiger partial charge in [-0.05, 0) is 67.8 Å². The first-order valence-electron chi connectivity index (χ1n) is 11.1. The zero-order valence-electron chi connectivity index (χ0n) is 19.0. The topological polar surface area (TPSA) is 102 Å². The summed E-state index contributed by atoms with van der Waals surface area (Å²) in [6.45, 7) is 2.88. The number of rotatable bonds is 9. The van der Waals surface area contributed by atoms with E-state index in [1.165, 1.54) is 23.5 Å². The lowest BCUT2D eigenvalue weighted by atomic mass is 9.98. The fraction of sp³-hybridized carbons (Fsp3) is 0.417. The van der Waals surface area contributed by atoms with Gasteiger partial charge < -0.3 is 14.8 Å². The molecular weight excluding hydrogens is 444 g/mol. The summed E-state index contributed by atoms with van der Waals surface area (Å²) in [5.41, 5.74) is 0.957. The van der Waals surface area contributed by atoms with Crippen LogP contribution in [-0.4, -0.2) is 51.4 Å². The monoisotopic (exact) mass is 474 g/mol. The molecule has 1 fully saturated rings. The Hall–Kier alpha value is -2.91. The van der Waals surface area contributed by atoms with Crippen molar-refractivity contribution < 1.29 is 27.5 Å². The molecule has 1 aliphatic rings. The number of methoxy groups -OCH3 is 1. The van der Waals surface area contributed by atoms with Crippen LogP contribution >= 0.6 is 0 Å². The van der Waals surface area contributed by atoms with Crippen LogP contribution in [-0.2, 0) is 19.6 Å². The summed E-state index contributed by atoms with van der Waals surface area (Å²) >= 11 is 0. The van der Waals surface area contributed by atoms with Gasteiger partial charge in [0.15, 0.2) is 0 Å². The smallest absolute Gasteiger partial charge is 0.338 e. The van der Waals surface area contributed by atoms with E-state index in [-0.39, 0.29) is 17.3 Å². The fourth-order valence-corrected chi connectivity index (χ4v) is 5.12. The van der Waals surface area contributed by atoms with Crippen LogP contribution in [0.3, 0.4) is 0 Å². The molecule has 2 aromatic rings. The maximum absolute atomic E-state index is 13.0. The summed E-state index contributed by atoms with van der Waals surface area (Å²) in [4.78, 5) is 25.0. The van der Waals surface area contributed by atoms with Crippen LogP contribution in [0, 0.1) is 5.92 Å². The Morgan fingerprint density at radius 3 is 2.42 bits per heavy atom. The van der Waals surface area contributed by atoms with Crippen LogP contribution in [0.15, 0.2) is 53.4 Å². The molecule has 0 aliphatic carbocycles. The van der Waals surface area contributed by atoms with Crippen molar-refractivity contribution in [1.82, 2.24) is 4.31 Å². The summed E-state index contributed by atoms with van der Waals surface area (Å²) in [6, 6.07) is 12.7. The lowest BCUT2D eigenvalue weighted by Gasteiger charge is -2.31. The van der Waals surface area contributed by atoms with Crippen molar-refractivity contribution in [3.05, 3.63) is 54.1 Å². The number of hydrogen-bond donors (Lipinski definition) is 1. The Morgan fingerprint density at radius 2 is 1.79 bits per heavy atom. The van der Waals surface area contributed by atoms with Gasteiger partial charge >= 0.3 is 5.97 Å². The van der Waals surface area contributed by atoms with Crippen molar-refractivity contribution >= 4 is 27.6 Å². The van der Waals surface area contributed by atoms with Crippen molar-refractivity contribution in [2.75, 3.05) is 32.1 Å². The van der Waals surface area contributed by atoms with E-state index in [0.29, 0.717) is 43.0 Å². The first-order chi connectivity index (χ1) is 15.8. The summed E-state index contributed by atoms with van der Waals surface area (Å²) < 4.78 is 37.7. The Bertz CT molecular complexity index is 1050. The fourth-order valence-electron chi connectivity index (χ4n) is 3.60. The van der Waals surface area contributed by atoms with E-state index in [4.69, 9.17) is 9.47 Å². The molecule has 1 amide bonds. The number of unbranched alkanes of at least 4 members (excludes halogenated alkanes) is 1. The Balaban J connectivity index is 1.60. The van der Waals surface area contributed by atoms with Crippen molar-refractivity contribution in [2.45, 2.75) is 37.5 Å². The number of benzene rings is 2. The molecule has 0 saturated carbocycles. The van der Waals surface area contributed by atoms with Crippen molar-refractivity contribution in [2.24, 2.45) is 5.92 Å². The highest BCUT2D eigenvalue weighted by Crippen LogP contribution is 2.26. The van der Waals surface area contributed by atoms with Crippen molar-refractivity contribution in [3.8, 4) is 5.75 Å². The van der Waals surface area contributed by atoms with Crippen LogP contribution in [0.5, 0.6) is 5.75 Å². The van der Waals surface area contributed by atoms with E-state index < -0.39 is 21.9 Å².